The Kier molecular flexibility index (Phi) is 4.33. The SMILES string of the molecule is C[C@H](Oc1ccn(-c2ccccc2)n1)C(=O)Nc1ccccn1. The van der Waals surface area contributed by atoms with Crippen LogP contribution in [0.15, 0.2) is 67.0 Å². The Morgan fingerprint density at radius 1 is 1.13 bits per heavy atom. The molecule has 0 bridgehead atoms. The largest absolute Gasteiger partial charge is 0.463 e. The van der Waals surface area contributed by atoms with Crippen LogP contribution in [-0.4, -0.2) is 26.8 Å². The first-order chi connectivity index (χ1) is 11.2. The van der Waals surface area contributed by atoms with Crippen molar-refractivity contribution in [3.05, 3.63) is 67.0 Å². The summed E-state index contributed by atoms with van der Waals surface area (Å²) in [5.74, 6) is 0.596. The summed E-state index contributed by atoms with van der Waals surface area (Å²) in [4.78, 5) is 16.1. The fourth-order valence-corrected chi connectivity index (χ4v) is 1.99. The number of hydrogen-bond acceptors (Lipinski definition) is 4. The first-order valence-corrected chi connectivity index (χ1v) is 7.22. The molecule has 3 aromatic rings. The van der Waals surface area contributed by atoms with Crippen LogP contribution in [0.4, 0.5) is 5.82 Å². The third-order valence-corrected chi connectivity index (χ3v) is 3.17. The van der Waals surface area contributed by atoms with Crippen LogP contribution in [0, 0.1) is 0 Å². The third-order valence-electron chi connectivity index (χ3n) is 3.17. The number of rotatable bonds is 5. The molecule has 1 aromatic carbocycles. The molecule has 0 aliphatic rings. The molecule has 0 aliphatic carbocycles. The number of nitrogens with one attached hydrogen (secondary N) is 1. The van der Waals surface area contributed by atoms with Crippen molar-refractivity contribution in [3.8, 4) is 11.6 Å². The molecule has 6 nitrogen and oxygen atoms in total. The molecular weight excluding hydrogens is 292 g/mol. The number of pyridine rings is 1. The second-order valence-electron chi connectivity index (χ2n) is 4.90. The molecule has 3 rings (SSSR count). The Bertz CT molecular complexity index is 772. The summed E-state index contributed by atoms with van der Waals surface area (Å²) < 4.78 is 7.27. The second kappa shape index (κ2) is 6.74. The van der Waals surface area contributed by atoms with E-state index in [0.29, 0.717) is 11.7 Å². The number of nitrogens with zero attached hydrogens (tertiary/aromatic N) is 3. The zero-order valence-electron chi connectivity index (χ0n) is 12.6. The van der Waals surface area contributed by atoms with Gasteiger partial charge in [0.1, 0.15) is 5.82 Å². The van der Waals surface area contributed by atoms with Gasteiger partial charge < -0.3 is 10.1 Å². The molecule has 2 heterocycles. The smallest absolute Gasteiger partial charge is 0.266 e. The quantitative estimate of drug-likeness (QED) is 0.787. The molecule has 23 heavy (non-hydrogen) atoms. The van der Waals surface area contributed by atoms with Gasteiger partial charge in [0.15, 0.2) is 6.10 Å². The summed E-state index contributed by atoms with van der Waals surface area (Å²) in [6.45, 7) is 1.67. The van der Waals surface area contributed by atoms with Gasteiger partial charge in [-0.3, -0.25) is 4.79 Å². The summed E-state index contributed by atoms with van der Waals surface area (Å²) in [7, 11) is 0. The van der Waals surface area contributed by atoms with E-state index in [1.165, 1.54) is 0 Å². The first-order valence-electron chi connectivity index (χ1n) is 7.22. The van der Waals surface area contributed by atoms with Gasteiger partial charge in [-0.05, 0) is 31.2 Å². The van der Waals surface area contributed by atoms with Crippen LogP contribution >= 0.6 is 0 Å². The first kappa shape index (κ1) is 14.8. The van der Waals surface area contributed by atoms with Gasteiger partial charge in [-0.15, -0.1) is 5.10 Å². The lowest BCUT2D eigenvalue weighted by molar-refractivity contribution is -0.122. The number of hydrogen-bond donors (Lipinski definition) is 1. The minimum atomic E-state index is -0.684. The van der Waals surface area contributed by atoms with Gasteiger partial charge in [0.2, 0.25) is 5.88 Å². The Hall–Kier alpha value is -3.15. The summed E-state index contributed by atoms with van der Waals surface area (Å²) in [5.41, 5.74) is 0.924. The number of carbonyl (C=O) groups is 1. The van der Waals surface area contributed by atoms with Crippen LogP contribution in [-0.2, 0) is 4.79 Å². The molecule has 1 amide bonds. The normalized spacial score (nSPS) is 11.7. The number of carbonyl (C=O) groups excluding carboxylic acids is 1. The van der Waals surface area contributed by atoms with Crippen molar-refractivity contribution in [1.82, 2.24) is 14.8 Å². The minimum absolute atomic E-state index is 0.280. The highest BCUT2D eigenvalue weighted by Gasteiger charge is 2.16. The summed E-state index contributed by atoms with van der Waals surface area (Å²) in [6, 6.07) is 16.7. The summed E-state index contributed by atoms with van der Waals surface area (Å²) in [6.07, 6.45) is 2.72. The maximum atomic E-state index is 12.1. The third kappa shape index (κ3) is 3.74. The molecule has 0 aliphatic heterocycles. The predicted molar refractivity (Wildman–Crippen MR) is 86.5 cm³/mol. The van der Waals surface area contributed by atoms with Crippen molar-refractivity contribution in [2.45, 2.75) is 13.0 Å². The summed E-state index contributed by atoms with van der Waals surface area (Å²) in [5, 5.41) is 7.00. The van der Waals surface area contributed by atoms with E-state index < -0.39 is 6.10 Å². The van der Waals surface area contributed by atoms with Gasteiger partial charge in [0, 0.05) is 18.5 Å². The summed E-state index contributed by atoms with van der Waals surface area (Å²) >= 11 is 0. The number of benzene rings is 1. The van der Waals surface area contributed by atoms with E-state index in [1.54, 1.807) is 48.3 Å². The van der Waals surface area contributed by atoms with Gasteiger partial charge >= 0.3 is 0 Å². The van der Waals surface area contributed by atoms with Crippen molar-refractivity contribution >= 4 is 11.7 Å². The highest BCUT2D eigenvalue weighted by Crippen LogP contribution is 2.13. The van der Waals surface area contributed by atoms with Crippen molar-refractivity contribution in [1.29, 1.82) is 0 Å². The molecule has 1 N–H and O–H groups in total. The molecule has 2 aromatic heterocycles. The number of ether oxygens (including phenoxy) is 1. The Labute approximate surface area is 133 Å². The molecule has 6 heteroatoms. The van der Waals surface area contributed by atoms with Gasteiger partial charge in [-0.1, -0.05) is 24.3 Å². The van der Waals surface area contributed by atoms with E-state index in [-0.39, 0.29) is 5.91 Å². The van der Waals surface area contributed by atoms with Crippen LogP contribution in [0.25, 0.3) is 5.69 Å². The molecule has 1 atom stereocenters. The van der Waals surface area contributed by atoms with Crippen LogP contribution < -0.4 is 10.1 Å². The van der Waals surface area contributed by atoms with Crippen LogP contribution in [0.1, 0.15) is 6.92 Å². The van der Waals surface area contributed by atoms with Gasteiger partial charge in [-0.25, -0.2) is 9.67 Å². The fourth-order valence-electron chi connectivity index (χ4n) is 1.99. The maximum absolute atomic E-state index is 12.1. The minimum Gasteiger partial charge on any atom is -0.463 e. The molecule has 0 saturated carbocycles. The second-order valence-corrected chi connectivity index (χ2v) is 4.90. The van der Waals surface area contributed by atoms with Crippen LogP contribution in [0.5, 0.6) is 5.88 Å². The van der Waals surface area contributed by atoms with Crippen LogP contribution in [0.2, 0.25) is 0 Å². The number of anilines is 1. The topological polar surface area (TPSA) is 69.0 Å². The van der Waals surface area contributed by atoms with E-state index in [2.05, 4.69) is 15.4 Å². The lowest BCUT2D eigenvalue weighted by Gasteiger charge is -2.12. The van der Waals surface area contributed by atoms with Gasteiger partial charge in [-0.2, -0.15) is 0 Å². The van der Waals surface area contributed by atoms with E-state index in [9.17, 15) is 4.79 Å². The van der Waals surface area contributed by atoms with Crippen molar-refractivity contribution in [2.24, 2.45) is 0 Å². The molecular formula is C17H16N4O2. The van der Waals surface area contributed by atoms with Crippen molar-refractivity contribution < 1.29 is 9.53 Å². The average Bonchev–Trinajstić information content (AvgIpc) is 3.05. The number of aromatic nitrogens is 3. The zero-order valence-corrected chi connectivity index (χ0v) is 12.6. The monoisotopic (exact) mass is 308 g/mol. The molecule has 0 spiro atoms. The molecule has 0 saturated heterocycles. The van der Waals surface area contributed by atoms with Crippen molar-refractivity contribution in [3.63, 3.8) is 0 Å². The molecule has 0 unspecified atom stereocenters. The Morgan fingerprint density at radius 3 is 2.65 bits per heavy atom. The van der Waals surface area contributed by atoms with Crippen molar-refractivity contribution in [2.75, 3.05) is 5.32 Å². The number of amides is 1. The molecule has 0 radical (unpaired) electrons. The van der Waals surface area contributed by atoms with E-state index in [1.807, 2.05) is 30.3 Å². The Morgan fingerprint density at radius 2 is 1.91 bits per heavy atom. The average molecular weight is 308 g/mol. The van der Waals surface area contributed by atoms with E-state index in [0.717, 1.165) is 5.69 Å². The van der Waals surface area contributed by atoms with Crippen LogP contribution in [0.3, 0.4) is 0 Å². The standard InChI is InChI=1S/C17H16N4O2/c1-13(17(22)19-15-9-5-6-11-18-15)23-16-10-12-21(20-16)14-7-3-2-4-8-14/h2-13H,1H3,(H,18,19,22)/t13-/m0/s1. The number of para-hydroxylation sites is 1. The molecule has 116 valence electrons. The lowest BCUT2D eigenvalue weighted by atomic mass is 10.3. The van der Waals surface area contributed by atoms with E-state index >= 15 is 0 Å². The highest BCUT2D eigenvalue weighted by molar-refractivity contribution is 5.93. The fraction of sp³-hybridized carbons (Fsp3) is 0.118. The lowest BCUT2D eigenvalue weighted by Crippen LogP contribution is -2.30. The maximum Gasteiger partial charge on any atom is 0.266 e. The van der Waals surface area contributed by atoms with Gasteiger partial charge in [0.05, 0.1) is 5.69 Å². The van der Waals surface area contributed by atoms with Gasteiger partial charge in [0.25, 0.3) is 5.91 Å². The van der Waals surface area contributed by atoms with E-state index in [4.69, 9.17) is 4.74 Å². The Balaban J connectivity index is 1.63. The molecule has 0 fully saturated rings. The zero-order chi connectivity index (χ0) is 16.1. The highest BCUT2D eigenvalue weighted by atomic mass is 16.5. The predicted octanol–water partition coefficient (Wildman–Crippen LogP) is 2.67.